The Hall–Kier alpha value is -1.09. The minimum absolute atomic E-state index is 0.435. The third-order valence-corrected chi connectivity index (χ3v) is 3.46. The van der Waals surface area contributed by atoms with Crippen molar-refractivity contribution in [1.82, 2.24) is 4.98 Å². The summed E-state index contributed by atoms with van der Waals surface area (Å²) < 4.78 is 0. The molecule has 0 fully saturated rings. The highest BCUT2D eigenvalue weighted by Gasteiger charge is 2.07. The number of nitrogens with zero attached hydrogens (tertiary/aromatic N) is 1. The smallest absolute Gasteiger partial charge is 0.126 e. The van der Waals surface area contributed by atoms with E-state index >= 15 is 0 Å². The van der Waals surface area contributed by atoms with Crippen LogP contribution in [0.25, 0.3) is 0 Å². The molecule has 3 nitrogen and oxygen atoms in total. The quantitative estimate of drug-likeness (QED) is 0.777. The van der Waals surface area contributed by atoms with Crippen LogP contribution < -0.4 is 11.1 Å². The Bertz CT molecular complexity index is 357. The summed E-state index contributed by atoms with van der Waals surface area (Å²) in [5, 5.41) is 3.45. The van der Waals surface area contributed by atoms with Gasteiger partial charge in [0.05, 0.1) is 0 Å². The van der Waals surface area contributed by atoms with Gasteiger partial charge in [0.2, 0.25) is 0 Å². The normalized spacial score (nSPS) is 11.3. The van der Waals surface area contributed by atoms with Crippen molar-refractivity contribution >= 4 is 5.82 Å². The van der Waals surface area contributed by atoms with Crippen molar-refractivity contribution in [2.45, 2.75) is 53.0 Å². The summed E-state index contributed by atoms with van der Waals surface area (Å²) in [6.45, 7) is 10.4. The van der Waals surface area contributed by atoms with E-state index < -0.39 is 0 Å². The minimum Gasteiger partial charge on any atom is -0.370 e. The zero-order valence-corrected chi connectivity index (χ0v) is 12.2. The highest BCUT2D eigenvalue weighted by molar-refractivity contribution is 5.40. The first-order valence-electron chi connectivity index (χ1n) is 7.05. The molecule has 0 aliphatic rings. The summed E-state index contributed by atoms with van der Waals surface area (Å²) in [6, 6.07) is 4.17. The molecule has 0 atom stereocenters. The molecule has 0 saturated carbocycles. The molecule has 1 rings (SSSR count). The van der Waals surface area contributed by atoms with Gasteiger partial charge in [-0.3, -0.25) is 0 Å². The molecule has 0 radical (unpaired) electrons. The number of hydrogen-bond donors (Lipinski definition) is 2. The van der Waals surface area contributed by atoms with Gasteiger partial charge in [0, 0.05) is 18.8 Å². The van der Waals surface area contributed by atoms with E-state index in [1.807, 2.05) is 0 Å². The molecule has 0 aromatic carbocycles. The fourth-order valence-corrected chi connectivity index (χ4v) is 1.94. The van der Waals surface area contributed by atoms with E-state index in [-0.39, 0.29) is 0 Å². The summed E-state index contributed by atoms with van der Waals surface area (Å²) in [4.78, 5) is 4.65. The van der Waals surface area contributed by atoms with Crippen LogP contribution in [0.2, 0.25) is 0 Å². The Balaban J connectivity index is 2.78. The molecule has 0 aliphatic heterocycles. The number of anilines is 1. The van der Waals surface area contributed by atoms with E-state index in [0.29, 0.717) is 12.5 Å². The van der Waals surface area contributed by atoms with Gasteiger partial charge in [0.25, 0.3) is 0 Å². The number of nitrogens with one attached hydrogen (secondary N) is 1. The van der Waals surface area contributed by atoms with Gasteiger partial charge in [-0.05, 0) is 29.5 Å². The molecule has 0 amide bonds. The summed E-state index contributed by atoms with van der Waals surface area (Å²) in [5.41, 5.74) is 8.01. The topological polar surface area (TPSA) is 50.9 Å². The summed E-state index contributed by atoms with van der Waals surface area (Å²) in [7, 11) is 0. The minimum atomic E-state index is 0.435. The molecule has 3 heteroatoms. The van der Waals surface area contributed by atoms with Crippen LogP contribution in [0, 0.1) is 5.92 Å². The molecule has 0 aliphatic carbocycles. The van der Waals surface area contributed by atoms with E-state index in [1.165, 1.54) is 12.8 Å². The Morgan fingerprint density at radius 2 is 1.89 bits per heavy atom. The average molecular weight is 249 g/mol. The Morgan fingerprint density at radius 3 is 2.39 bits per heavy atom. The number of rotatable bonds is 7. The zero-order chi connectivity index (χ0) is 13.5. The first-order chi connectivity index (χ1) is 8.60. The van der Waals surface area contributed by atoms with Gasteiger partial charge >= 0.3 is 0 Å². The molecule has 18 heavy (non-hydrogen) atoms. The van der Waals surface area contributed by atoms with Gasteiger partial charge in [0.15, 0.2) is 0 Å². The monoisotopic (exact) mass is 249 g/mol. The van der Waals surface area contributed by atoms with Crippen LogP contribution in [0.1, 0.15) is 57.7 Å². The van der Waals surface area contributed by atoms with Crippen LogP contribution in [0.15, 0.2) is 12.1 Å². The van der Waals surface area contributed by atoms with Crippen molar-refractivity contribution in [1.29, 1.82) is 0 Å². The molecular weight excluding hydrogens is 222 g/mol. The van der Waals surface area contributed by atoms with Crippen LogP contribution in [-0.2, 0) is 6.54 Å². The largest absolute Gasteiger partial charge is 0.370 e. The van der Waals surface area contributed by atoms with E-state index in [0.717, 1.165) is 29.5 Å². The number of hydrogen-bond acceptors (Lipinski definition) is 3. The maximum Gasteiger partial charge on any atom is 0.126 e. The van der Waals surface area contributed by atoms with Crippen molar-refractivity contribution in [2.75, 3.05) is 11.9 Å². The van der Waals surface area contributed by atoms with Crippen molar-refractivity contribution < 1.29 is 0 Å². The first kappa shape index (κ1) is 15.0. The summed E-state index contributed by atoms with van der Waals surface area (Å²) >= 11 is 0. The van der Waals surface area contributed by atoms with E-state index in [2.05, 4.69) is 50.1 Å². The molecule has 1 heterocycles. The standard InChI is InChI=1S/C15H27N3/c1-5-12(6-2)10-17-15-8-13(9-16)7-14(18-15)11(3)4/h7-8,11-12H,5-6,9-10,16H2,1-4H3,(H,17,18). The molecule has 1 aromatic rings. The maximum absolute atomic E-state index is 5.74. The first-order valence-corrected chi connectivity index (χ1v) is 7.05. The lowest BCUT2D eigenvalue weighted by Crippen LogP contribution is -2.14. The molecule has 0 unspecified atom stereocenters. The van der Waals surface area contributed by atoms with Crippen molar-refractivity contribution in [2.24, 2.45) is 11.7 Å². The second-order valence-electron chi connectivity index (χ2n) is 5.21. The van der Waals surface area contributed by atoms with Crippen molar-refractivity contribution in [3.8, 4) is 0 Å². The summed E-state index contributed by atoms with van der Waals surface area (Å²) in [5.74, 6) is 2.12. The van der Waals surface area contributed by atoms with Crippen LogP contribution >= 0.6 is 0 Å². The molecule has 0 bridgehead atoms. The van der Waals surface area contributed by atoms with Gasteiger partial charge in [-0.2, -0.15) is 0 Å². The second kappa shape index (κ2) is 7.37. The van der Waals surface area contributed by atoms with Gasteiger partial charge < -0.3 is 11.1 Å². The molecule has 1 aromatic heterocycles. The van der Waals surface area contributed by atoms with Gasteiger partial charge in [-0.25, -0.2) is 4.98 Å². The van der Waals surface area contributed by atoms with Crippen LogP contribution in [0.5, 0.6) is 0 Å². The molecule has 102 valence electrons. The van der Waals surface area contributed by atoms with E-state index in [4.69, 9.17) is 5.73 Å². The van der Waals surface area contributed by atoms with Gasteiger partial charge in [-0.1, -0.05) is 40.5 Å². The number of pyridine rings is 1. The lowest BCUT2D eigenvalue weighted by atomic mass is 10.0. The molecule has 3 N–H and O–H groups in total. The average Bonchev–Trinajstić information content (AvgIpc) is 2.39. The maximum atomic E-state index is 5.74. The Morgan fingerprint density at radius 1 is 1.22 bits per heavy atom. The molecular formula is C15H27N3. The lowest BCUT2D eigenvalue weighted by Gasteiger charge is -2.16. The van der Waals surface area contributed by atoms with Gasteiger partial charge in [-0.15, -0.1) is 0 Å². The SMILES string of the molecule is CCC(CC)CNc1cc(CN)cc(C(C)C)n1. The van der Waals surface area contributed by atoms with E-state index in [1.54, 1.807) is 0 Å². The van der Waals surface area contributed by atoms with Crippen LogP contribution in [0.4, 0.5) is 5.82 Å². The van der Waals surface area contributed by atoms with Crippen LogP contribution in [0.3, 0.4) is 0 Å². The highest BCUT2D eigenvalue weighted by Crippen LogP contribution is 2.18. The molecule has 0 spiro atoms. The lowest BCUT2D eigenvalue weighted by molar-refractivity contribution is 0.518. The molecule has 0 saturated heterocycles. The summed E-state index contributed by atoms with van der Waals surface area (Å²) in [6.07, 6.45) is 2.41. The predicted octanol–water partition coefficient (Wildman–Crippen LogP) is 3.51. The van der Waals surface area contributed by atoms with Crippen molar-refractivity contribution in [3.63, 3.8) is 0 Å². The highest BCUT2D eigenvalue weighted by atomic mass is 15.0. The predicted molar refractivity (Wildman–Crippen MR) is 78.8 cm³/mol. The second-order valence-corrected chi connectivity index (χ2v) is 5.21. The number of nitrogens with two attached hydrogens (primary N) is 1. The van der Waals surface area contributed by atoms with Gasteiger partial charge in [0.1, 0.15) is 5.82 Å². The zero-order valence-electron chi connectivity index (χ0n) is 12.2. The third kappa shape index (κ3) is 4.30. The fraction of sp³-hybridized carbons (Fsp3) is 0.667. The fourth-order valence-electron chi connectivity index (χ4n) is 1.94. The third-order valence-electron chi connectivity index (χ3n) is 3.46. The van der Waals surface area contributed by atoms with E-state index in [9.17, 15) is 0 Å². The van der Waals surface area contributed by atoms with Crippen LogP contribution in [-0.4, -0.2) is 11.5 Å². The Labute approximate surface area is 111 Å². The Kier molecular flexibility index (Phi) is 6.13. The van der Waals surface area contributed by atoms with Crippen molar-refractivity contribution in [3.05, 3.63) is 23.4 Å². The number of aromatic nitrogens is 1.